The van der Waals surface area contributed by atoms with Crippen molar-refractivity contribution in [3.8, 4) is 5.75 Å². The summed E-state index contributed by atoms with van der Waals surface area (Å²) in [6, 6.07) is 7.24. The number of ether oxygens (including phenoxy) is 2. The van der Waals surface area contributed by atoms with Crippen molar-refractivity contribution in [3.63, 3.8) is 0 Å². The first-order valence-electron chi connectivity index (χ1n) is 8.84. The first kappa shape index (κ1) is 19.9. The van der Waals surface area contributed by atoms with Crippen molar-refractivity contribution in [1.29, 1.82) is 0 Å². The van der Waals surface area contributed by atoms with Crippen LogP contribution in [-0.4, -0.2) is 43.4 Å². The van der Waals surface area contributed by atoms with Crippen molar-refractivity contribution in [2.24, 2.45) is 0 Å². The van der Waals surface area contributed by atoms with E-state index >= 15 is 0 Å². The Labute approximate surface area is 167 Å². The Kier molecular flexibility index (Phi) is 5.99. The van der Waals surface area contributed by atoms with Crippen molar-refractivity contribution < 1.29 is 23.9 Å². The molecule has 0 atom stereocenters. The summed E-state index contributed by atoms with van der Waals surface area (Å²) in [6.07, 6.45) is 0.733. The largest absolute Gasteiger partial charge is 0.497 e. The Morgan fingerprint density at radius 2 is 1.89 bits per heavy atom. The molecule has 2 amide bonds. The van der Waals surface area contributed by atoms with Gasteiger partial charge in [0.25, 0.3) is 0 Å². The van der Waals surface area contributed by atoms with Gasteiger partial charge in [0.15, 0.2) is 0 Å². The molecule has 0 fully saturated rings. The minimum absolute atomic E-state index is 0.0104. The average molecular weight is 402 g/mol. The standard InChI is InChI=1S/C20H22N2O5S/c1-12(23)22-9-8-15-16(11-22)28-19(18(15)20(25)27-3)21-17(24)10-13-4-6-14(26-2)7-5-13/h4-7H,8-11H2,1-3H3,(H,21,24). The summed E-state index contributed by atoms with van der Waals surface area (Å²) in [5, 5.41) is 3.32. The Hall–Kier alpha value is -2.87. The number of carbonyl (C=O) groups is 3. The highest BCUT2D eigenvalue weighted by atomic mass is 32.1. The van der Waals surface area contributed by atoms with E-state index in [-0.39, 0.29) is 18.2 Å². The van der Waals surface area contributed by atoms with Gasteiger partial charge in [-0.1, -0.05) is 12.1 Å². The first-order valence-corrected chi connectivity index (χ1v) is 9.65. The van der Waals surface area contributed by atoms with Crippen LogP contribution in [-0.2, 0) is 33.7 Å². The third-order valence-electron chi connectivity index (χ3n) is 4.67. The predicted octanol–water partition coefficient (Wildman–Crippen LogP) is 2.63. The number of benzene rings is 1. The van der Waals surface area contributed by atoms with Crippen LogP contribution in [0.4, 0.5) is 5.00 Å². The monoisotopic (exact) mass is 402 g/mol. The quantitative estimate of drug-likeness (QED) is 0.777. The highest BCUT2D eigenvalue weighted by Gasteiger charge is 2.30. The molecule has 0 radical (unpaired) electrons. The number of esters is 1. The highest BCUT2D eigenvalue weighted by Crippen LogP contribution is 2.37. The van der Waals surface area contributed by atoms with Gasteiger partial charge in [0, 0.05) is 18.3 Å². The van der Waals surface area contributed by atoms with Crippen LogP contribution in [0.1, 0.15) is 33.3 Å². The molecule has 7 nitrogen and oxygen atoms in total. The van der Waals surface area contributed by atoms with Crippen LogP contribution < -0.4 is 10.1 Å². The molecule has 0 spiro atoms. The van der Waals surface area contributed by atoms with Crippen molar-refractivity contribution in [2.45, 2.75) is 26.3 Å². The van der Waals surface area contributed by atoms with Crippen molar-refractivity contribution in [3.05, 3.63) is 45.8 Å². The molecule has 28 heavy (non-hydrogen) atoms. The second-order valence-electron chi connectivity index (χ2n) is 6.46. The van der Waals surface area contributed by atoms with Crippen LogP contribution in [0.15, 0.2) is 24.3 Å². The van der Waals surface area contributed by atoms with E-state index in [0.29, 0.717) is 30.1 Å². The molecule has 2 aromatic rings. The fourth-order valence-electron chi connectivity index (χ4n) is 3.18. The van der Waals surface area contributed by atoms with Gasteiger partial charge in [-0.05, 0) is 29.7 Å². The van der Waals surface area contributed by atoms with Crippen LogP contribution in [0.3, 0.4) is 0 Å². The van der Waals surface area contributed by atoms with Crippen molar-refractivity contribution in [1.82, 2.24) is 4.90 Å². The topological polar surface area (TPSA) is 84.9 Å². The Morgan fingerprint density at radius 3 is 2.50 bits per heavy atom. The van der Waals surface area contributed by atoms with Gasteiger partial charge in [0.05, 0.1) is 32.7 Å². The summed E-state index contributed by atoms with van der Waals surface area (Å²) < 4.78 is 10.0. The Bertz CT molecular complexity index is 904. The number of hydrogen-bond donors (Lipinski definition) is 1. The average Bonchev–Trinajstić information content (AvgIpc) is 3.04. The third-order valence-corrected chi connectivity index (χ3v) is 5.80. The van der Waals surface area contributed by atoms with E-state index in [1.165, 1.54) is 25.4 Å². The normalized spacial score (nSPS) is 12.9. The van der Waals surface area contributed by atoms with E-state index in [1.54, 1.807) is 24.1 Å². The molecule has 2 heterocycles. The lowest BCUT2D eigenvalue weighted by Gasteiger charge is -2.25. The van der Waals surface area contributed by atoms with Crippen LogP contribution in [0.2, 0.25) is 0 Å². The maximum atomic E-state index is 12.5. The van der Waals surface area contributed by atoms with Gasteiger partial charge >= 0.3 is 5.97 Å². The second kappa shape index (κ2) is 8.43. The van der Waals surface area contributed by atoms with E-state index in [4.69, 9.17) is 9.47 Å². The van der Waals surface area contributed by atoms with Crippen molar-refractivity contribution in [2.75, 3.05) is 26.1 Å². The molecule has 1 N–H and O–H groups in total. The fraction of sp³-hybridized carbons (Fsp3) is 0.350. The number of methoxy groups -OCH3 is 2. The lowest BCUT2D eigenvalue weighted by Crippen LogP contribution is -2.33. The zero-order valence-electron chi connectivity index (χ0n) is 16.0. The van der Waals surface area contributed by atoms with Gasteiger partial charge in [-0.3, -0.25) is 9.59 Å². The molecule has 3 rings (SSSR count). The molecule has 0 aliphatic carbocycles. The molecule has 1 aromatic heterocycles. The lowest BCUT2D eigenvalue weighted by molar-refractivity contribution is -0.129. The molecule has 1 aliphatic rings. The molecule has 0 unspecified atom stereocenters. The van der Waals surface area contributed by atoms with E-state index in [9.17, 15) is 14.4 Å². The van der Waals surface area contributed by atoms with Gasteiger partial charge < -0.3 is 19.7 Å². The lowest BCUT2D eigenvalue weighted by atomic mass is 10.0. The number of thiophene rings is 1. The summed E-state index contributed by atoms with van der Waals surface area (Å²) >= 11 is 1.33. The zero-order valence-corrected chi connectivity index (χ0v) is 16.9. The smallest absolute Gasteiger partial charge is 0.341 e. The van der Waals surface area contributed by atoms with Gasteiger partial charge in [-0.15, -0.1) is 11.3 Å². The summed E-state index contributed by atoms with van der Waals surface area (Å²) in [5.74, 6) is 0.00714. The molecular formula is C20H22N2O5S. The molecule has 148 valence electrons. The van der Waals surface area contributed by atoms with Crippen molar-refractivity contribution >= 4 is 34.1 Å². The molecule has 0 saturated heterocycles. The SMILES string of the molecule is COC(=O)c1c(NC(=O)Cc2ccc(OC)cc2)sc2c1CCN(C(C)=O)C2. The van der Waals surface area contributed by atoms with Crippen LogP contribution in [0, 0.1) is 0 Å². The molecule has 1 aliphatic heterocycles. The van der Waals surface area contributed by atoms with Crippen LogP contribution in [0.25, 0.3) is 0 Å². The second-order valence-corrected chi connectivity index (χ2v) is 7.57. The predicted molar refractivity (Wildman–Crippen MR) is 106 cm³/mol. The molecule has 0 bridgehead atoms. The van der Waals surface area contributed by atoms with Crippen LogP contribution in [0.5, 0.6) is 5.75 Å². The molecule has 0 saturated carbocycles. The molecule has 8 heteroatoms. The minimum atomic E-state index is -0.478. The van der Waals surface area contributed by atoms with E-state index in [0.717, 1.165) is 21.8 Å². The zero-order chi connectivity index (χ0) is 20.3. The summed E-state index contributed by atoms with van der Waals surface area (Å²) in [6.45, 7) is 2.51. The third kappa shape index (κ3) is 4.17. The number of rotatable bonds is 5. The van der Waals surface area contributed by atoms with Gasteiger partial charge in [-0.2, -0.15) is 0 Å². The number of fused-ring (bicyclic) bond motifs is 1. The van der Waals surface area contributed by atoms with E-state index in [1.807, 2.05) is 12.1 Å². The van der Waals surface area contributed by atoms with Gasteiger partial charge in [0.2, 0.25) is 11.8 Å². The maximum Gasteiger partial charge on any atom is 0.341 e. The Morgan fingerprint density at radius 1 is 1.18 bits per heavy atom. The van der Waals surface area contributed by atoms with Gasteiger partial charge in [-0.25, -0.2) is 4.79 Å². The van der Waals surface area contributed by atoms with E-state index < -0.39 is 5.97 Å². The highest BCUT2D eigenvalue weighted by molar-refractivity contribution is 7.17. The molecule has 1 aromatic carbocycles. The maximum absolute atomic E-state index is 12.5. The summed E-state index contributed by atoms with van der Waals surface area (Å²) in [5.41, 5.74) is 2.09. The number of carbonyl (C=O) groups excluding carboxylic acids is 3. The Balaban J connectivity index is 1.81. The van der Waals surface area contributed by atoms with E-state index in [2.05, 4.69) is 5.32 Å². The number of hydrogen-bond acceptors (Lipinski definition) is 6. The first-order chi connectivity index (χ1) is 13.4. The summed E-state index contributed by atoms with van der Waals surface area (Å²) in [4.78, 5) is 39.2. The number of nitrogens with one attached hydrogen (secondary N) is 1. The number of anilines is 1. The number of amides is 2. The van der Waals surface area contributed by atoms with Crippen LogP contribution >= 0.6 is 11.3 Å². The minimum Gasteiger partial charge on any atom is -0.497 e. The fourth-order valence-corrected chi connectivity index (χ4v) is 4.45. The number of nitrogens with zero attached hydrogens (tertiary/aromatic N) is 1. The summed E-state index contributed by atoms with van der Waals surface area (Å²) in [7, 11) is 2.90. The molecular weight excluding hydrogens is 380 g/mol. The van der Waals surface area contributed by atoms with Gasteiger partial charge in [0.1, 0.15) is 10.8 Å².